The summed E-state index contributed by atoms with van der Waals surface area (Å²) in [5.74, 6) is 2.53. The summed E-state index contributed by atoms with van der Waals surface area (Å²) >= 11 is 0. The molecule has 5 fully saturated rings. The van der Waals surface area contributed by atoms with E-state index in [-0.39, 0.29) is 45.0 Å². The van der Waals surface area contributed by atoms with Crippen LogP contribution in [-0.4, -0.2) is 23.3 Å². The zero-order chi connectivity index (χ0) is 24.2. The summed E-state index contributed by atoms with van der Waals surface area (Å²) in [5, 5.41) is 11.1. The van der Waals surface area contributed by atoms with E-state index in [0.29, 0.717) is 35.7 Å². The smallest absolute Gasteiger partial charge is 0.139 e. The molecule has 0 radical (unpaired) electrons. The zero-order valence-corrected chi connectivity index (χ0v) is 22.4. The summed E-state index contributed by atoms with van der Waals surface area (Å²) in [5.41, 5.74) is 0.257. The van der Waals surface area contributed by atoms with Gasteiger partial charge < -0.3 is 5.11 Å². The highest BCUT2D eigenvalue weighted by atomic mass is 16.3. The Morgan fingerprint density at radius 3 is 2.12 bits per heavy atom. The average molecular weight is 457 g/mol. The van der Waals surface area contributed by atoms with E-state index >= 15 is 0 Å². The Hall–Kier alpha value is -0.700. The quantitative estimate of drug-likeness (QED) is 0.483. The zero-order valence-electron chi connectivity index (χ0n) is 22.4. The first-order valence-electron chi connectivity index (χ1n) is 13.9. The van der Waals surface area contributed by atoms with Crippen LogP contribution in [0.25, 0.3) is 0 Å². The second-order valence-electron chi connectivity index (χ2n) is 15.0. The molecule has 0 aromatic carbocycles. The highest BCUT2D eigenvalue weighted by Crippen LogP contribution is 2.78. The van der Waals surface area contributed by atoms with Crippen LogP contribution in [0.15, 0.2) is 0 Å². The Morgan fingerprint density at radius 2 is 1.45 bits per heavy atom. The molecule has 186 valence electrons. The van der Waals surface area contributed by atoms with Gasteiger partial charge in [0.15, 0.2) is 0 Å². The van der Waals surface area contributed by atoms with Crippen molar-refractivity contribution in [2.45, 2.75) is 113 Å². The lowest BCUT2D eigenvalue weighted by Gasteiger charge is -2.74. The van der Waals surface area contributed by atoms with Crippen molar-refractivity contribution in [2.75, 3.05) is 6.61 Å². The van der Waals surface area contributed by atoms with Gasteiger partial charge in [0.05, 0.1) is 0 Å². The SMILES string of the molecule is C[C@H]1C(=O)CC[C@@H]2[C@]1(C)CC[C@H]1[C@@]2(CO)CC[C@@]2(C)[C@@H]3CC(C)(C)C(=O)C[C@]3(C)CC[C@]12C. The van der Waals surface area contributed by atoms with E-state index in [2.05, 4.69) is 48.5 Å². The number of Topliss-reactive ketones (excluding diaryl/α,β-unsaturated/α-hetero) is 2. The van der Waals surface area contributed by atoms with Gasteiger partial charge in [0.1, 0.15) is 11.6 Å². The fraction of sp³-hybridized carbons (Fsp3) is 0.933. The minimum atomic E-state index is -0.221. The third kappa shape index (κ3) is 2.78. The van der Waals surface area contributed by atoms with Gasteiger partial charge >= 0.3 is 0 Å². The average Bonchev–Trinajstić information content (AvgIpc) is 2.75. The van der Waals surface area contributed by atoms with E-state index in [0.717, 1.165) is 51.4 Å². The van der Waals surface area contributed by atoms with Crippen molar-refractivity contribution in [3.8, 4) is 0 Å². The van der Waals surface area contributed by atoms with Crippen molar-refractivity contribution in [1.82, 2.24) is 0 Å². The molecule has 0 spiro atoms. The number of aliphatic hydroxyl groups is 1. The van der Waals surface area contributed by atoms with E-state index in [1.165, 1.54) is 6.42 Å². The van der Waals surface area contributed by atoms with Crippen LogP contribution in [0.5, 0.6) is 0 Å². The van der Waals surface area contributed by atoms with Crippen molar-refractivity contribution in [3.63, 3.8) is 0 Å². The van der Waals surface area contributed by atoms with Crippen LogP contribution in [-0.2, 0) is 9.59 Å². The summed E-state index contributed by atoms with van der Waals surface area (Å²) in [7, 11) is 0. The maximum absolute atomic E-state index is 13.0. The molecule has 0 amide bonds. The van der Waals surface area contributed by atoms with Gasteiger partial charge in [-0.15, -0.1) is 0 Å². The molecule has 3 heteroatoms. The van der Waals surface area contributed by atoms with Gasteiger partial charge in [-0.1, -0.05) is 48.5 Å². The van der Waals surface area contributed by atoms with Gasteiger partial charge in [0.25, 0.3) is 0 Å². The molecule has 0 saturated heterocycles. The summed E-state index contributed by atoms with van der Waals surface area (Å²) in [6.07, 6.45) is 10.2. The lowest BCUT2D eigenvalue weighted by molar-refractivity contribution is -0.265. The number of rotatable bonds is 1. The minimum Gasteiger partial charge on any atom is -0.396 e. The van der Waals surface area contributed by atoms with Crippen LogP contribution in [0.1, 0.15) is 113 Å². The molecule has 9 atom stereocenters. The number of hydrogen-bond donors (Lipinski definition) is 1. The van der Waals surface area contributed by atoms with Crippen LogP contribution in [0.4, 0.5) is 0 Å². The monoisotopic (exact) mass is 456 g/mol. The molecule has 0 unspecified atom stereocenters. The Labute approximate surface area is 201 Å². The van der Waals surface area contributed by atoms with Gasteiger partial charge in [-0.2, -0.15) is 0 Å². The summed E-state index contributed by atoms with van der Waals surface area (Å²) in [6, 6.07) is 0. The molecule has 1 N–H and O–H groups in total. The van der Waals surface area contributed by atoms with Crippen molar-refractivity contribution in [1.29, 1.82) is 0 Å². The predicted molar refractivity (Wildman–Crippen MR) is 132 cm³/mol. The lowest BCUT2D eigenvalue weighted by Crippen LogP contribution is -2.69. The topological polar surface area (TPSA) is 54.4 Å². The number of hydrogen-bond acceptors (Lipinski definition) is 3. The predicted octanol–water partition coefficient (Wildman–Crippen LogP) is 6.61. The first-order valence-corrected chi connectivity index (χ1v) is 13.9. The molecule has 0 bridgehead atoms. The van der Waals surface area contributed by atoms with Crippen LogP contribution in [0, 0.1) is 56.2 Å². The largest absolute Gasteiger partial charge is 0.396 e. The van der Waals surface area contributed by atoms with E-state index in [9.17, 15) is 14.7 Å². The summed E-state index contributed by atoms with van der Waals surface area (Å²) < 4.78 is 0. The third-order valence-electron chi connectivity index (χ3n) is 13.6. The van der Waals surface area contributed by atoms with E-state index in [1.807, 2.05) is 0 Å². The second-order valence-corrected chi connectivity index (χ2v) is 15.0. The van der Waals surface area contributed by atoms with E-state index in [4.69, 9.17) is 0 Å². The molecule has 5 aliphatic carbocycles. The highest BCUT2D eigenvalue weighted by molar-refractivity contribution is 5.85. The van der Waals surface area contributed by atoms with Crippen LogP contribution < -0.4 is 0 Å². The molecular formula is C30H48O3. The Kier molecular flexibility index (Phi) is 5.06. The van der Waals surface area contributed by atoms with Crippen LogP contribution >= 0.6 is 0 Å². The van der Waals surface area contributed by atoms with Gasteiger partial charge in [0.2, 0.25) is 0 Å². The number of ketones is 2. The first kappa shape index (κ1) is 24.0. The Morgan fingerprint density at radius 1 is 0.818 bits per heavy atom. The number of aliphatic hydroxyl groups excluding tert-OH is 1. The fourth-order valence-corrected chi connectivity index (χ4v) is 11.0. The Bertz CT molecular complexity index is 876. The van der Waals surface area contributed by atoms with Gasteiger partial charge in [-0.05, 0) is 90.8 Å². The molecule has 33 heavy (non-hydrogen) atoms. The lowest BCUT2D eigenvalue weighted by atomic mass is 9.30. The van der Waals surface area contributed by atoms with Crippen molar-refractivity contribution in [2.24, 2.45) is 56.2 Å². The third-order valence-corrected chi connectivity index (χ3v) is 13.6. The van der Waals surface area contributed by atoms with Gasteiger partial charge in [-0.25, -0.2) is 0 Å². The normalized spacial score (nSPS) is 55.8. The molecule has 0 aromatic heterocycles. The highest BCUT2D eigenvalue weighted by Gasteiger charge is 2.72. The molecule has 3 nitrogen and oxygen atoms in total. The minimum absolute atomic E-state index is 0.0289. The van der Waals surface area contributed by atoms with Gasteiger partial charge in [-0.3, -0.25) is 9.59 Å². The van der Waals surface area contributed by atoms with Crippen molar-refractivity contribution in [3.05, 3.63) is 0 Å². The van der Waals surface area contributed by atoms with Crippen LogP contribution in [0.2, 0.25) is 0 Å². The van der Waals surface area contributed by atoms with Crippen molar-refractivity contribution < 1.29 is 14.7 Å². The van der Waals surface area contributed by atoms with Gasteiger partial charge in [0, 0.05) is 36.2 Å². The number of carbonyl (C=O) groups is 2. The van der Waals surface area contributed by atoms with E-state index < -0.39 is 0 Å². The summed E-state index contributed by atoms with van der Waals surface area (Å²) in [4.78, 5) is 25.8. The fourth-order valence-electron chi connectivity index (χ4n) is 11.0. The molecular weight excluding hydrogens is 408 g/mol. The molecule has 5 saturated carbocycles. The Balaban J connectivity index is 1.58. The number of carbonyl (C=O) groups excluding carboxylic acids is 2. The standard InChI is InChI=1S/C30H48O3/c1-19-20(32)8-9-21-27(19,5)11-10-22-28(6)13-12-26(4)17-24(33)25(2,3)16-23(26)29(28,7)14-15-30(21,22)18-31/h19,21-23,31H,8-18H2,1-7H3/t19-,21+,22+,23+,26-,27+,28+,29-,30+/m0/s1. The molecule has 0 aromatic rings. The molecule has 5 rings (SSSR count). The maximum Gasteiger partial charge on any atom is 0.139 e. The maximum atomic E-state index is 13.0. The molecule has 0 heterocycles. The van der Waals surface area contributed by atoms with E-state index in [1.54, 1.807) is 0 Å². The summed E-state index contributed by atoms with van der Waals surface area (Å²) in [6.45, 7) is 16.7. The second kappa shape index (κ2) is 6.95. The first-order chi connectivity index (χ1) is 15.2. The molecule has 0 aliphatic heterocycles. The molecule has 5 aliphatic rings. The number of fused-ring (bicyclic) bond motifs is 7. The van der Waals surface area contributed by atoms with Crippen LogP contribution in [0.3, 0.4) is 0 Å². The van der Waals surface area contributed by atoms with Crippen molar-refractivity contribution >= 4 is 11.6 Å².